The number of anilines is 1. The molecule has 4 aromatic rings. The minimum Gasteiger partial charge on any atom is -0.478 e. The molecule has 1 heterocycles. The molecule has 11 heteroatoms. The van der Waals surface area contributed by atoms with Gasteiger partial charge in [-0.15, -0.1) is 0 Å². The highest BCUT2D eigenvalue weighted by Gasteiger charge is 2.34. The van der Waals surface area contributed by atoms with Gasteiger partial charge >= 0.3 is 12.1 Å². The molecule has 0 fully saturated rings. The first-order valence-corrected chi connectivity index (χ1v) is 12.5. The van der Waals surface area contributed by atoms with E-state index in [1.165, 1.54) is 0 Å². The van der Waals surface area contributed by atoms with Crippen molar-refractivity contribution in [3.8, 4) is 11.1 Å². The molecule has 37 heavy (non-hydrogen) atoms. The van der Waals surface area contributed by atoms with Crippen molar-refractivity contribution < 1.29 is 31.5 Å². The first-order chi connectivity index (χ1) is 17.5. The number of hydrogen-bond acceptors (Lipinski definition) is 4. The first kappa shape index (κ1) is 26.2. The number of rotatable bonds is 7. The molecule has 1 N–H and O–H groups in total. The summed E-state index contributed by atoms with van der Waals surface area (Å²) >= 11 is 6.12. The lowest BCUT2D eigenvalue weighted by molar-refractivity contribution is -0.137. The van der Waals surface area contributed by atoms with E-state index in [1.54, 1.807) is 24.3 Å². The Kier molecular flexibility index (Phi) is 7.24. The second-order valence-corrected chi connectivity index (χ2v) is 10.2. The van der Waals surface area contributed by atoms with Crippen molar-refractivity contribution in [3.05, 3.63) is 113 Å². The number of aromatic carboxylic acids is 1. The molecule has 0 saturated heterocycles. The van der Waals surface area contributed by atoms with Crippen LogP contribution in [0.15, 0.2) is 96.0 Å². The van der Waals surface area contributed by atoms with Crippen molar-refractivity contribution in [3.63, 3.8) is 0 Å². The van der Waals surface area contributed by atoms with Crippen LogP contribution in [0, 0.1) is 0 Å². The zero-order valence-corrected chi connectivity index (χ0v) is 20.4. The number of hydrogen-bond donors (Lipinski definition) is 1. The number of benzene rings is 3. The summed E-state index contributed by atoms with van der Waals surface area (Å²) in [7, 11) is -4.42. The Hall–Kier alpha value is -3.89. The van der Waals surface area contributed by atoms with Gasteiger partial charge in [-0.2, -0.15) is 13.2 Å². The van der Waals surface area contributed by atoms with Crippen LogP contribution in [-0.2, 0) is 22.7 Å². The fourth-order valence-electron chi connectivity index (χ4n) is 3.54. The van der Waals surface area contributed by atoms with E-state index in [4.69, 9.17) is 16.7 Å². The van der Waals surface area contributed by atoms with E-state index >= 15 is 0 Å². The zero-order chi connectivity index (χ0) is 26.8. The number of carboxylic acids is 1. The van der Waals surface area contributed by atoms with Crippen LogP contribution in [0.25, 0.3) is 11.1 Å². The van der Waals surface area contributed by atoms with Gasteiger partial charge in [-0.05, 0) is 47.0 Å². The Balaban J connectivity index is 1.76. The average Bonchev–Trinajstić information content (AvgIpc) is 2.88. The van der Waals surface area contributed by atoms with Crippen LogP contribution in [0.3, 0.4) is 0 Å². The lowest BCUT2D eigenvalue weighted by Gasteiger charge is -2.25. The van der Waals surface area contributed by atoms with Crippen LogP contribution in [0.4, 0.5) is 19.0 Å². The predicted molar refractivity (Wildman–Crippen MR) is 133 cm³/mol. The minimum atomic E-state index is -4.72. The number of alkyl halides is 3. The molecule has 0 radical (unpaired) electrons. The molecule has 0 aliphatic heterocycles. The SMILES string of the molecule is O=C(O)c1ccc(S(=O)(=O)N(Cc2ccc(-c3ccccc3)cc2)c2ncc(C(F)(F)F)cc2Cl)cc1. The topological polar surface area (TPSA) is 87.6 Å². The summed E-state index contributed by atoms with van der Waals surface area (Å²) in [6.07, 6.45) is -4.21. The molecule has 0 saturated carbocycles. The van der Waals surface area contributed by atoms with Crippen LogP contribution >= 0.6 is 11.6 Å². The van der Waals surface area contributed by atoms with Gasteiger partial charge in [-0.25, -0.2) is 22.5 Å². The summed E-state index contributed by atoms with van der Waals surface area (Å²) in [6, 6.07) is 21.5. The quantitative estimate of drug-likeness (QED) is 0.285. The van der Waals surface area contributed by atoms with Gasteiger partial charge in [-0.1, -0.05) is 66.2 Å². The second-order valence-electron chi connectivity index (χ2n) is 7.93. The number of pyridine rings is 1. The van der Waals surface area contributed by atoms with Crippen LogP contribution in [0.1, 0.15) is 21.5 Å². The van der Waals surface area contributed by atoms with Gasteiger partial charge in [-0.3, -0.25) is 0 Å². The number of carboxylic acid groups (broad SMARTS) is 1. The smallest absolute Gasteiger partial charge is 0.417 e. The Bertz CT molecular complexity index is 1530. The van der Waals surface area contributed by atoms with E-state index in [9.17, 15) is 26.4 Å². The van der Waals surface area contributed by atoms with Gasteiger partial charge in [0.15, 0.2) is 5.82 Å². The largest absolute Gasteiger partial charge is 0.478 e. The maximum Gasteiger partial charge on any atom is 0.417 e. The van der Waals surface area contributed by atoms with E-state index < -0.39 is 38.6 Å². The van der Waals surface area contributed by atoms with Crippen LogP contribution in [0.2, 0.25) is 5.02 Å². The third-order valence-electron chi connectivity index (χ3n) is 5.46. The molecule has 0 atom stereocenters. The molecule has 0 unspecified atom stereocenters. The van der Waals surface area contributed by atoms with E-state index in [-0.39, 0.29) is 17.0 Å². The number of sulfonamides is 1. The van der Waals surface area contributed by atoms with E-state index in [0.29, 0.717) is 17.8 Å². The summed E-state index contributed by atoms with van der Waals surface area (Å²) in [5.74, 6) is -1.64. The highest BCUT2D eigenvalue weighted by molar-refractivity contribution is 7.92. The van der Waals surface area contributed by atoms with Crippen molar-refractivity contribution in [2.75, 3.05) is 4.31 Å². The summed E-state index contributed by atoms with van der Waals surface area (Å²) in [5, 5.41) is 8.60. The first-order valence-electron chi connectivity index (χ1n) is 10.7. The summed E-state index contributed by atoms with van der Waals surface area (Å²) in [5.41, 5.74) is 1.09. The Labute approximate surface area is 215 Å². The fourth-order valence-corrected chi connectivity index (χ4v) is 5.28. The lowest BCUT2D eigenvalue weighted by atomic mass is 10.0. The third kappa shape index (κ3) is 5.76. The molecule has 0 spiro atoms. The molecule has 6 nitrogen and oxygen atoms in total. The standard InChI is InChI=1S/C26H18ClF3N2O4S/c27-23-14-21(26(28,29)30)15-31-24(23)32(37(35,36)22-12-10-20(11-13-22)25(33)34)16-17-6-8-19(9-7-17)18-4-2-1-3-5-18/h1-15H,16H2,(H,33,34). The summed E-state index contributed by atoms with van der Waals surface area (Å²) < 4.78 is 67.4. The molecule has 1 aromatic heterocycles. The van der Waals surface area contributed by atoms with Gasteiger partial charge in [0.2, 0.25) is 0 Å². The summed E-state index contributed by atoms with van der Waals surface area (Å²) in [4.78, 5) is 14.6. The van der Waals surface area contributed by atoms with Crippen molar-refractivity contribution in [1.82, 2.24) is 4.98 Å². The monoisotopic (exact) mass is 546 g/mol. The summed E-state index contributed by atoms with van der Waals surface area (Å²) in [6.45, 7) is -0.295. The maximum atomic E-state index is 13.6. The lowest BCUT2D eigenvalue weighted by Crippen LogP contribution is -2.32. The number of nitrogens with zero attached hydrogens (tertiary/aromatic N) is 2. The van der Waals surface area contributed by atoms with Crippen molar-refractivity contribution in [1.29, 1.82) is 0 Å². The Morgan fingerprint density at radius 2 is 1.51 bits per heavy atom. The van der Waals surface area contributed by atoms with Crippen molar-refractivity contribution >= 4 is 33.4 Å². The van der Waals surface area contributed by atoms with E-state index in [2.05, 4.69) is 4.98 Å². The molecule has 0 aliphatic carbocycles. The normalized spacial score (nSPS) is 11.8. The highest BCUT2D eigenvalue weighted by Crippen LogP contribution is 2.36. The molecule has 3 aromatic carbocycles. The minimum absolute atomic E-state index is 0.132. The van der Waals surface area contributed by atoms with Crippen molar-refractivity contribution in [2.45, 2.75) is 17.6 Å². The molecule has 4 rings (SSSR count). The van der Waals surface area contributed by atoms with Gasteiger partial charge in [0.05, 0.1) is 27.6 Å². The third-order valence-corrected chi connectivity index (χ3v) is 7.49. The van der Waals surface area contributed by atoms with E-state index in [0.717, 1.165) is 39.7 Å². The molecule has 0 bridgehead atoms. The molecule has 190 valence electrons. The zero-order valence-electron chi connectivity index (χ0n) is 18.9. The molecular weight excluding hydrogens is 529 g/mol. The maximum absolute atomic E-state index is 13.6. The fraction of sp³-hybridized carbons (Fsp3) is 0.0769. The van der Waals surface area contributed by atoms with Crippen molar-refractivity contribution in [2.24, 2.45) is 0 Å². The molecule has 0 amide bonds. The van der Waals surface area contributed by atoms with Gasteiger partial charge in [0.1, 0.15) is 0 Å². The van der Waals surface area contributed by atoms with Gasteiger partial charge in [0.25, 0.3) is 10.0 Å². The number of halogens is 4. The van der Waals surface area contributed by atoms with Gasteiger partial charge < -0.3 is 5.11 Å². The number of aromatic nitrogens is 1. The average molecular weight is 547 g/mol. The van der Waals surface area contributed by atoms with Crippen LogP contribution < -0.4 is 4.31 Å². The van der Waals surface area contributed by atoms with E-state index in [1.807, 2.05) is 30.3 Å². The Morgan fingerprint density at radius 3 is 2.05 bits per heavy atom. The second kappa shape index (κ2) is 10.2. The van der Waals surface area contributed by atoms with Crippen LogP contribution in [-0.4, -0.2) is 24.5 Å². The predicted octanol–water partition coefficient (Wildman–Crippen LogP) is 6.51. The molecular formula is C26H18ClF3N2O4S. The highest BCUT2D eigenvalue weighted by atomic mass is 35.5. The van der Waals surface area contributed by atoms with Crippen LogP contribution in [0.5, 0.6) is 0 Å². The Morgan fingerprint density at radius 1 is 0.919 bits per heavy atom. The molecule has 0 aliphatic rings. The number of carbonyl (C=O) groups is 1. The van der Waals surface area contributed by atoms with Gasteiger partial charge in [0, 0.05) is 6.20 Å².